The van der Waals surface area contributed by atoms with Gasteiger partial charge in [0, 0.05) is 36.8 Å². The molecule has 2 aliphatic heterocycles. The molecular weight excluding hydrogens is 279 g/mol. The first-order chi connectivity index (χ1) is 10.4. The van der Waals surface area contributed by atoms with Crippen molar-refractivity contribution in [1.82, 2.24) is 4.98 Å². The summed E-state index contributed by atoms with van der Waals surface area (Å²) in [5.41, 5.74) is 0.726. The molecule has 0 amide bonds. The zero-order valence-electron chi connectivity index (χ0n) is 14.0. The summed E-state index contributed by atoms with van der Waals surface area (Å²) in [6, 6.07) is 4.09. The fourth-order valence-corrected chi connectivity index (χ4v) is 2.60. The molecule has 0 bridgehead atoms. The van der Waals surface area contributed by atoms with Gasteiger partial charge in [0.05, 0.1) is 18.8 Å². The number of aromatic nitrogens is 1. The van der Waals surface area contributed by atoms with E-state index in [-0.39, 0.29) is 18.1 Å². The van der Waals surface area contributed by atoms with Gasteiger partial charge in [0.25, 0.3) is 0 Å². The first-order valence-electron chi connectivity index (χ1n) is 7.97. The molecule has 0 N–H and O–H groups in total. The molecule has 0 saturated carbocycles. The van der Waals surface area contributed by atoms with Crippen LogP contribution in [0.2, 0.25) is 0 Å². The number of pyridine rings is 1. The van der Waals surface area contributed by atoms with Gasteiger partial charge in [-0.3, -0.25) is 0 Å². The van der Waals surface area contributed by atoms with Crippen LogP contribution in [0.3, 0.4) is 0 Å². The molecule has 3 heterocycles. The Hall–Kier alpha value is -1.11. The quantitative estimate of drug-likeness (QED) is 0.774. The van der Waals surface area contributed by atoms with E-state index in [0.29, 0.717) is 6.61 Å². The minimum Gasteiger partial charge on any atom is -0.407 e. The van der Waals surface area contributed by atoms with Gasteiger partial charge in [0.1, 0.15) is 5.82 Å². The van der Waals surface area contributed by atoms with E-state index < -0.39 is 0 Å². The highest BCUT2D eigenvalue weighted by atomic mass is 16.6. The third kappa shape index (κ3) is 3.00. The van der Waals surface area contributed by atoms with Crippen LogP contribution in [0.5, 0.6) is 0 Å². The highest BCUT2D eigenvalue weighted by Gasteiger charge is 2.46. The lowest BCUT2D eigenvalue weighted by atomic mass is 9.69. The molecule has 1 aromatic rings. The Morgan fingerprint density at radius 1 is 1.14 bits per heavy atom. The lowest BCUT2D eigenvalue weighted by Gasteiger charge is -2.47. The van der Waals surface area contributed by atoms with Crippen molar-refractivity contribution in [1.29, 1.82) is 0 Å². The summed E-state index contributed by atoms with van der Waals surface area (Å²) in [6.45, 7) is 12.6. The highest BCUT2D eigenvalue weighted by Crippen LogP contribution is 2.37. The van der Waals surface area contributed by atoms with Crippen LogP contribution in [0, 0.1) is 5.41 Å². The Bertz CT molecular complexity index is 513. The summed E-state index contributed by atoms with van der Waals surface area (Å²) in [6.07, 6.45) is 1.86. The van der Waals surface area contributed by atoms with Crippen LogP contribution >= 0.6 is 0 Å². The van der Waals surface area contributed by atoms with Crippen molar-refractivity contribution >= 4 is 18.4 Å². The van der Waals surface area contributed by atoms with Crippen molar-refractivity contribution in [3.8, 4) is 0 Å². The Labute approximate surface area is 133 Å². The molecule has 0 aliphatic carbocycles. The molecule has 1 aromatic heterocycles. The number of rotatable bonds is 2. The van der Waals surface area contributed by atoms with Crippen molar-refractivity contribution < 1.29 is 14.0 Å². The molecule has 3 rings (SSSR count). The Morgan fingerprint density at radius 2 is 1.86 bits per heavy atom. The molecule has 2 saturated heterocycles. The van der Waals surface area contributed by atoms with Crippen LogP contribution in [0.4, 0.5) is 5.82 Å². The third-order valence-corrected chi connectivity index (χ3v) is 5.01. The number of morpholine rings is 1. The Kier molecular flexibility index (Phi) is 4.18. The molecule has 2 aliphatic rings. The molecule has 120 valence electrons. The minimum atomic E-state index is -0.339. The van der Waals surface area contributed by atoms with Crippen LogP contribution in [-0.4, -0.2) is 50.6 Å². The van der Waals surface area contributed by atoms with E-state index in [1.165, 1.54) is 0 Å². The molecule has 22 heavy (non-hydrogen) atoms. The second-order valence-corrected chi connectivity index (χ2v) is 7.20. The van der Waals surface area contributed by atoms with Gasteiger partial charge in [-0.25, -0.2) is 4.98 Å². The van der Waals surface area contributed by atoms with Gasteiger partial charge in [-0.15, -0.1) is 0 Å². The SMILES string of the molecule is CC1(C)COB(c2ccc(N3CCOCC3)nc2)OC1(C)C. The van der Waals surface area contributed by atoms with E-state index in [0.717, 1.165) is 37.6 Å². The van der Waals surface area contributed by atoms with Crippen molar-refractivity contribution in [3.05, 3.63) is 18.3 Å². The molecule has 0 radical (unpaired) electrons. The molecule has 0 aromatic carbocycles. The number of hydrogen-bond acceptors (Lipinski definition) is 5. The molecule has 5 nitrogen and oxygen atoms in total. The van der Waals surface area contributed by atoms with E-state index in [4.69, 9.17) is 14.0 Å². The summed E-state index contributed by atoms with van der Waals surface area (Å²) in [4.78, 5) is 6.81. The Balaban J connectivity index is 1.71. The number of hydrogen-bond donors (Lipinski definition) is 0. The lowest BCUT2D eigenvalue weighted by molar-refractivity contribution is -0.0937. The first-order valence-corrected chi connectivity index (χ1v) is 7.97. The molecular formula is C16H25BN2O3. The van der Waals surface area contributed by atoms with Crippen LogP contribution < -0.4 is 10.4 Å². The molecule has 2 fully saturated rings. The number of nitrogens with zero attached hydrogens (tertiary/aromatic N) is 2. The van der Waals surface area contributed by atoms with E-state index in [9.17, 15) is 0 Å². The van der Waals surface area contributed by atoms with Crippen LogP contribution in [0.15, 0.2) is 18.3 Å². The van der Waals surface area contributed by atoms with E-state index in [1.807, 2.05) is 12.3 Å². The largest absolute Gasteiger partial charge is 0.495 e. The van der Waals surface area contributed by atoms with Gasteiger partial charge in [0.15, 0.2) is 0 Å². The average Bonchev–Trinajstić information content (AvgIpc) is 2.51. The van der Waals surface area contributed by atoms with Gasteiger partial charge >= 0.3 is 7.12 Å². The average molecular weight is 304 g/mol. The smallest absolute Gasteiger partial charge is 0.407 e. The van der Waals surface area contributed by atoms with Crippen molar-refractivity contribution in [2.45, 2.75) is 33.3 Å². The maximum absolute atomic E-state index is 6.16. The van der Waals surface area contributed by atoms with Gasteiger partial charge < -0.3 is 18.9 Å². The fourth-order valence-electron chi connectivity index (χ4n) is 2.60. The maximum atomic E-state index is 6.16. The zero-order valence-corrected chi connectivity index (χ0v) is 14.0. The van der Waals surface area contributed by atoms with Gasteiger partial charge in [0.2, 0.25) is 0 Å². The standard InChI is InChI=1S/C16H25BN2O3/c1-15(2)12-21-17(22-16(15,3)4)13-5-6-14(18-11-13)19-7-9-20-10-8-19/h5-6,11H,7-10,12H2,1-4H3. The highest BCUT2D eigenvalue weighted by molar-refractivity contribution is 6.61. The summed E-state index contributed by atoms with van der Waals surface area (Å²) in [7, 11) is -0.339. The normalized spacial score (nSPS) is 24.4. The zero-order chi connectivity index (χ0) is 15.8. The fraction of sp³-hybridized carbons (Fsp3) is 0.688. The molecule has 0 unspecified atom stereocenters. The second kappa shape index (κ2) is 5.83. The molecule has 6 heteroatoms. The lowest BCUT2D eigenvalue weighted by Crippen LogP contribution is -2.58. The first kappa shape index (κ1) is 15.8. The van der Waals surface area contributed by atoms with Crippen LogP contribution in [0.1, 0.15) is 27.7 Å². The van der Waals surface area contributed by atoms with E-state index in [2.05, 4.69) is 43.6 Å². The molecule has 0 atom stereocenters. The number of anilines is 1. The molecule has 0 spiro atoms. The van der Waals surface area contributed by atoms with Crippen LogP contribution in [-0.2, 0) is 14.0 Å². The number of ether oxygens (including phenoxy) is 1. The maximum Gasteiger partial charge on any atom is 0.495 e. The topological polar surface area (TPSA) is 43.8 Å². The monoisotopic (exact) mass is 304 g/mol. The summed E-state index contributed by atoms with van der Waals surface area (Å²) in [5, 5.41) is 0. The van der Waals surface area contributed by atoms with Gasteiger partial charge in [-0.1, -0.05) is 19.9 Å². The van der Waals surface area contributed by atoms with Crippen molar-refractivity contribution in [2.75, 3.05) is 37.8 Å². The van der Waals surface area contributed by atoms with Crippen molar-refractivity contribution in [3.63, 3.8) is 0 Å². The predicted molar refractivity (Wildman–Crippen MR) is 87.6 cm³/mol. The summed E-state index contributed by atoms with van der Waals surface area (Å²) < 4.78 is 17.4. The van der Waals surface area contributed by atoms with Gasteiger partial charge in [-0.2, -0.15) is 0 Å². The minimum absolute atomic E-state index is 0.00926. The third-order valence-electron chi connectivity index (χ3n) is 5.01. The second-order valence-electron chi connectivity index (χ2n) is 7.20. The van der Waals surface area contributed by atoms with Crippen LogP contribution in [0.25, 0.3) is 0 Å². The van der Waals surface area contributed by atoms with E-state index in [1.54, 1.807) is 0 Å². The summed E-state index contributed by atoms with van der Waals surface area (Å²) in [5.74, 6) is 0.988. The summed E-state index contributed by atoms with van der Waals surface area (Å²) >= 11 is 0. The van der Waals surface area contributed by atoms with Crippen molar-refractivity contribution in [2.24, 2.45) is 5.41 Å². The Morgan fingerprint density at radius 3 is 2.45 bits per heavy atom. The predicted octanol–water partition coefficient (Wildman–Crippen LogP) is 1.46. The van der Waals surface area contributed by atoms with Gasteiger partial charge in [-0.05, 0) is 19.9 Å². The van der Waals surface area contributed by atoms with E-state index >= 15 is 0 Å².